The van der Waals surface area contributed by atoms with Gasteiger partial charge in [-0.05, 0) is 29.8 Å². The minimum absolute atomic E-state index is 0.0222. The van der Waals surface area contributed by atoms with Crippen molar-refractivity contribution in [3.63, 3.8) is 0 Å². The fourth-order valence-corrected chi connectivity index (χ4v) is 3.17. The van der Waals surface area contributed by atoms with E-state index >= 15 is 0 Å². The number of aromatic hydroxyl groups is 1. The maximum atomic E-state index is 12.1. The minimum atomic E-state index is -0.318. The molecule has 0 fully saturated rings. The predicted octanol–water partition coefficient (Wildman–Crippen LogP) is 3.12. The summed E-state index contributed by atoms with van der Waals surface area (Å²) in [4.78, 5) is 12.1. The van der Waals surface area contributed by atoms with Crippen molar-refractivity contribution in [3.05, 3.63) is 47.5 Å². The lowest BCUT2D eigenvalue weighted by Gasteiger charge is -2.21. The Labute approximate surface area is 157 Å². The van der Waals surface area contributed by atoms with Crippen molar-refractivity contribution < 1.29 is 24.1 Å². The fraction of sp³-hybridized carbons (Fsp3) is 0.300. The highest BCUT2D eigenvalue weighted by atomic mass is 16.5. The van der Waals surface area contributed by atoms with Crippen LogP contribution in [0.5, 0.6) is 23.0 Å². The van der Waals surface area contributed by atoms with E-state index in [1.54, 1.807) is 32.4 Å². The zero-order valence-corrected chi connectivity index (χ0v) is 15.7. The number of amides is 1. The van der Waals surface area contributed by atoms with Gasteiger partial charge < -0.3 is 19.3 Å². The molecule has 2 aromatic rings. The maximum Gasteiger partial charge on any atom is 0.240 e. The van der Waals surface area contributed by atoms with Gasteiger partial charge in [-0.3, -0.25) is 4.79 Å². The molecule has 1 amide bonds. The summed E-state index contributed by atoms with van der Waals surface area (Å²) in [5.74, 6) is 1.51. The molecule has 3 rings (SSSR count). The van der Waals surface area contributed by atoms with Gasteiger partial charge >= 0.3 is 0 Å². The summed E-state index contributed by atoms with van der Waals surface area (Å²) >= 11 is 0. The summed E-state index contributed by atoms with van der Waals surface area (Å²) < 4.78 is 15.8. The molecular weight excluding hydrogens is 348 g/mol. The van der Waals surface area contributed by atoms with Gasteiger partial charge in [-0.1, -0.05) is 6.07 Å². The van der Waals surface area contributed by atoms with Gasteiger partial charge in [0.25, 0.3) is 0 Å². The molecule has 1 atom stereocenters. The molecular formula is C20H22N2O5. The van der Waals surface area contributed by atoms with Crippen LogP contribution in [-0.2, 0) is 4.79 Å². The van der Waals surface area contributed by atoms with Crippen LogP contribution < -0.4 is 14.2 Å². The SMILES string of the molecule is COc1ccc(C2=NN(C(C)=O)C(c3ccc(OC)c(O)c3)C2)c(OC)c1. The van der Waals surface area contributed by atoms with Crippen LogP contribution in [0.25, 0.3) is 0 Å². The highest BCUT2D eigenvalue weighted by molar-refractivity contribution is 6.05. The summed E-state index contributed by atoms with van der Waals surface area (Å²) in [6.07, 6.45) is 0.494. The van der Waals surface area contributed by atoms with Gasteiger partial charge in [0.05, 0.1) is 33.1 Å². The molecule has 1 aliphatic heterocycles. The van der Waals surface area contributed by atoms with E-state index in [-0.39, 0.29) is 17.7 Å². The first kappa shape index (κ1) is 18.6. The van der Waals surface area contributed by atoms with E-state index in [2.05, 4.69) is 5.10 Å². The number of phenols is 1. The number of benzene rings is 2. The van der Waals surface area contributed by atoms with E-state index in [0.29, 0.717) is 23.7 Å². The molecule has 0 radical (unpaired) electrons. The molecule has 142 valence electrons. The topological polar surface area (TPSA) is 80.6 Å². The van der Waals surface area contributed by atoms with Crippen LogP contribution in [0.4, 0.5) is 0 Å². The monoisotopic (exact) mass is 370 g/mol. The first-order valence-electron chi connectivity index (χ1n) is 8.45. The second kappa shape index (κ2) is 7.57. The largest absolute Gasteiger partial charge is 0.504 e. The normalized spacial score (nSPS) is 16.1. The highest BCUT2D eigenvalue weighted by Gasteiger charge is 2.33. The summed E-state index contributed by atoms with van der Waals surface area (Å²) in [6, 6.07) is 10.2. The van der Waals surface area contributed by atoms with E-state index in [0.717, 1.165) is 16.8 Å². The quantitative estimate of drug-likeness (QED) is 0.875. The summed E-state index contributed by atoms with van der Waals surface area (Å²) in [7, 11) is 4.66. The van der Waals surface area contributed by atoms with E-state index in [1.807, 2.05) is 18.2 Å². The van der Waals surface area contributed by atoms with Gasteiger partial charge in [0.1, 0.15) is 11.5 Å². The zero-order valence-electron chi connectivity index (χ0n) is 15.7. The number of rotatable bonds is 5. The Morgan fingerprint density at radius 3 is 2.41 bits per heavy atom. The number of carbonyl (C=O) groups excluding carboxylic acids is 1. The van der Waals surface area contributed by atoms with Crippen LogP contribution in [0.2, 0.25) is 0 Å². The van der Waals surface area contributed by atoms with E-state index in [9.17, 15) is 9.90 Å². The van der Waals surface area contributed by atoms with Gasteiger partial charge in [-0.15, -0.1) is 0 Å². The van der Waals surface area contributed by atoms with Crippen LogP contribution in [-0.4, -0.2) is 43.1 Å². The Bertz CT molecular complexity index is 894. The second-order valence-electron chi connectivity index (χ2n) is 6.13. The maximum absolute atomic E-state index is 12.1. The number of hydrazone groups is 1. The van der Waals surface area contributed by atoms with Crippen molar-refractivity contribution in [2.75, 3.05) is 21.3 Å². The number of hydrogen-bond donors (Lipinski definition) is 1. The molecule has 0 saturated carbocycles. The minimum Gasteiger partial charge on any atom is -0.504 e. The fourth-order valence-electron chi connectivity index (χ4n) is 3.17. The summed E-state index contributed by atoms with van der Waals surface area (Å²) in [5.41, 5.74) is 2.30. The third-order valence-electron chi connectivity index (χ3n) is 4.54. The van der Waals surface area contributed by atoms with Crippen LogP contribution in [0.1, 0.15) is 30.5 Å². The molecule has 0 spiro atoms. The lowest BCUT2D eigenvalue weighted by atomic mass is 9.97. The van der Waals surface area contributed by atoms with Gasteiger partial charge in [0, 0.05) is 25.0 Å². The molecule has 7 nitrogen and oxygen atoms in total. The summed E-state index contributed by atoms with van der Waals surface area (Å²) in [6.45, 7) is 1.47. The number of nitrogens with zero attached hydrogens (tertiary/aromatic N) is 2. The standard InChI is InChI=1S/C20H22N2O5/c1-12(23)22-17(13-5-8-19(26-3)18(24)9-13)11-16(21-22)15-7-6-14(25-2)10-20(15)27-4/h5-10,17,24H,11H2,1-4H3. The molecule has 1 unspecified atom stereocenters. The van der Waals surface area contributed by atoms with Crippen LogP contribution in [0, 0.1) is 0 Å². The molecule has 1 heterocycles. The Hall–Kier alpha value is -3.22. The van der Waals surface area contributed by atoms with Crippen LogP contribution in [0.3, 0.4) is 0 Å². The number of ether oxygens (including phenoxy) is 3. The average Bonchev–Trinajstić information content (AvgIpc) is 3.12. The predicted molar refractivity (Wildman–Crippen MR) is 101 cm³/mol. The van der Waals surface area contributed by atoms with Crippen molar-refractivity contribution in [1.82, 2.24) is 5.01 Å². The third kappa shape index (κ3) is 3.53. The number of carbonyl (C=O) groups is 1. The average molecular weight is 370 g/mol. The molecule has 1 aliphatic rings. The van der Waals surface area contributed by atoms with Crippen LogP contribution >= 0.6 is 0 Å². The highest BCUT2D eigenvalue weighted by Crippen LogP contribution is 2.38. The van der Waals surface area contributed by atoms with Crippen LogP contribution in [0.15, 0.2) is 41.5 Å². The molecule has 0 aliphatic carbocycles. The number of methoxy groups -OCH3 is 3. The Balaban J connectivity index is 1.98. The van der Waals surface area contributed by atoms with Gasteiger partial charge in [0.2, 0.25) is 5.91 Å². The van der Waals surface area contributed by atoms with Crippen molar-refractivity contribution in [3.8, 4) is 23.0 Å². The molecule has 27 heavy (non-hydrogen) atoms. The van der Waals surface area contributed by atoms with Crippen molar-refractivity contribution in [1.29, 1.82) is 0 Å². The lowest BCUT2D eigenvalue weighted by molar-refractivity contribution is -0.130. The smallest absolute Gasteiger partial charge is 0.240 e. The van der Waals surface area contributed by atoms with Crippen molar-refractivity contribution in [2.45, 2.75) is 19.4 Å². The molecule has 0 bridgehead atoms. The Kier molecular flexibility index (Phi) is 5.21. The Morgan fingerprint density at radius 1 is 1.07 bits per heavy atom. The first-order valence-corrected chi connectivity index (χ1v) is 8.45. The number of hydrogen-bond acceptors (Lipinski definition) is 6. The lowest BCUT2D eigenvalue weighted by Crippen LogP contribution is -2.24. The number of phenolic OH excluding ortho intramolecular Hbond substituents is 1. The molecule has 0 saturated heterocycles. The molecule has 0 aromatic heterocycles. The van der Waals surface area contributed by atoms with Gasteiger partial charge in [-0.2, -0.15) is 5.10 Å². The van der Waals surface area contributed by atoms with Crippen molar-refractivity contribution >= 4 is 11.6 Å². The van der Waals surface area contributed by atoms with E-state index in [4.69, 9.17) is 14.2 Å². The van der Waals surface area contributed by atoms with E-state index < -0.39 is 0 Å². The van der Waals surface area contributed by atoms with Gasteiger partial charge in [0.15, 0.2) is 11.5 Å². The third-order valence-corrected chi connectivity index (χ3v) is 4.54. The van der Waals surface area contributed by atoms with Gasteiger partial charge in [-0.25, -0.2) is 5.01 Å². The second-order valence-corrected chi connectivity index (χ2v) is 6.13. The summed E-state index contributed by atoms with van der Waals surface area (Å²) in [5, 5.41) is 16.0. The van der Waals surface area contributed by atoms with Crippen molar-refractivity contribution in [2.24, 2.45) is 5.10 Å². The molecule has 2 aromatic carbocycles. The van der Waals surface area contributed by atoms with E-state index in [1.165, 1.54) is 19.0 Å². The first-order chi connectivity index (χ1) is 13.0. The zero-order chi connectivity index (χ0) is 19.6. The molecule has 7 heteroatoms. The Morgan fingerprint density at radius 2 is 1.81 bits per heavy atom. The molecule has 1 N–H and O–H groups in total.